The number of hydrogen-bond acceptors (Lipinski definition) is 2. The molecule has 7 aromatic carbocycles. The minimum absolute atomic E-state index is 0.121. The van der Waals surface area contributed by atoms with E-state index in [1.165, 1.54) is 21.9 Å². The van der Waals surface area contributed by atoms with Crippen molar-refractivity contribution in [3.63, 3.8) is 0 Å². The minimum Gasteiger partial charge on any atom is -0.508 e. The summed E-state index contributed by atoms with van der Waals surface area (Å²) in [5.74, 6) is 1.70. The number of ether oxygens (including phenoxy) is 1. The van der Waals surface area contributed by atoms with E-state index in [1.807, 2.05) is 25.1 Å². The second kappa shape index (κ2) is 13.2. The van der Waals surface area contributed by atoms with Crippen LogP contribution in [0.2, 0.25) is 0 Å². The number of aromatic hydroxyl groups is 1. The molecule has 0 bridgehead atoms. The lowest BCUT2D eigenvalue weighted by Gasteiger charge is -2.46. The van der Waals surface area contributed by atoms with Crippen LogP contribution >= 0.6 is 0 Å². The van der Waals surface area contributed by atoms with Crippen molar-refractivity contribution in [1.82, 2.24) is 4.57 Å². The van der Waals surface area contributed by atoms with Gasteiger partial charge in [0.25, 0.3) is 0 Å². The molecule has 2 atom stereocenters. The van der Waals surface area contributed by atoms with Crippen molar-refractivity contribution in [1.29, 1.82) is 0 Å². The molecule has 256 valence electrons. The van der Waals surface area contributed by atoms with Crippen LogP contribution in [0, 0.1) is 5.92 Å². The van der Waals surface area contributed by atoms with Crippen molar-refractivity contribution in [2.24, 2.45) is 5.92 Å². The van der Waals surface area contributed by atoms with Crippen LogP contribution in [0.15, 0.2) is 188 Å². The van der Waals surface area contributed by atoms with Crippen molar-refractivity contribution in [2.75, 3.05) is 0 Å². The Kier molecular flexibility index (Phi) is 8.05. The van der Waals surface area contributed by atoms with Crippen LogP contribution in [0.25, 0.3) is 44.2 Å². The molecule has 0 fully saturated rings. The molecular formula is C50H39NO2. The standard InChI is InChI=1S/C50H39NO2/c1-3-4-21-39(35-17-7-5-8-18-35)34(2)50(42-23-12-15-26-47(42)52)43-24-13-16-27-48(43)53-49-33-37(28-30-44(49)50)36-29-31-46-41(32-36)40-22-11-14-25-45(40)51(46)38-19-9-6-10-20-38/h3-34,52H,1-2H3/b4-3-,39-21+. The molecule has 1 aromatic heterocycles. The van der Waals surface area contributed by atoms with Crippen LogP contribution in [0.5, 0.6) is 17.2 Å². The number of allylic oxidation sites excluding steroid dienone is 4. The molecule has 0 radical (unpaired) electrons. The molecule has 1 N–H and O–H groups in total. The number of nitrogens with zero attached hydrogens (tertiary/aromatic N) is 1. The number of benzene rings is 7. The van der Waals surface area contributed by atoms with E-state index in [-0.39, 0.29) is 11.7 Å². The summed E-state index contributed by atoms with van der Waals surface area (Å²) < 4.78 is 9.22. The summed E-state index contributed by atoms with van der Waals surface area (Å²) in [6, 6.07) is 59.2. The smallest absolute Gasteiger partial charge is 0.132 e. The molecule has 1 aliphatic rings. The Morgan fingerprint density at radius 2 is 1.23 bits per heavy atom. The lowest BCUT2D eigenvalue weighted by molar-refractivity contribution is 0.372. The van der Waals surface area contributed by atoms with Gasteiger partial charge in [-0.3, -0.25) is 0 Å². The van der Waals surface area contributed by atoms with Gasteiger partial charge in [0.1, 0.15) is 17.2 Å². The number of aromatic nitrogens is 1. The van der Waals surface area contributed by atoms with Crippen LogP contribution < -0.4 is 4.74 Å². The number of phenolic OH excluding ortho intramolecular Hbond substituents is 1. The van der Waals surface area contributed by atoms with Crippen LogP contribution in [0.4, 0.5) is 0 Å². The Labute approximate surface area is 310 Å². The lowest BCUT2D eigenvalue weighted by atomic mass is 9.58. The molecule has 0 aliphatic carbocycles. The second-order valence-electron chi connectivity index (χ2n) is 13.8. The van der Waals surface area contributed by atoms with Gasteiger partial charge in [0, 0.05) is 33.2 Å². The summed E-state index contributed by atoms with van der Waals surface area (Å²) in [7, 11) is 0. The van der Waals surface area contributed by atoms with E-state index >= 15 is 0 Å². The van der Waals surface area contributed by atoms with E-state index in [1.54, 1.807) is 6.07 Å². The third kappa shape index (κ3) is 5.19. The van der Waals surface area contributed by atoms with E-state index in [9.17, 15) is 5.11 Å². The van der Waals surface area contributed by atoms with Gasteiger partial charge in [-0.05, 0) is 83.6 Å². The van der Waals surface area contributed by atoms with E-state index < -0.39 is 5.41 Å². The van der Waals surface area contributed by atoms with Gasteiger partial charge < -0.3 is 14.4 Å². The van der Waals surface area contributed by atoms with E-state index in [2.05, 4.69) is 175 Å². The monoisotopic (exact) mass is 685 g/mol. The molecule has 1 aliphatic heterocycles. The first kappa shape index (κ1) is 32.3. The van der Waals surface area contributed by atoms with Gasteiger partial charge in [-0.15, -0.1) is 0 Å². The molecule has 2 heterocycles. The molecule has 0 saturated heterocycles. The molecule has 0 amide bonds. The van der Waals surface area contributed by atoms with Gasteiger partial charge in [-0.2, -0.15) is 0 Å². The normalized spacial score (nSPS) is 16.0. The average Bonchev–Trinajstić information content (AvgIpc) is 3.54. The zero-order valence-electron chi connectivity index (χ0n) is 29.8. The Morgan fingerprint density at radius 1 is 0.604 bits per heavy atom. The first-order valence-electron chi connectivity index (χ1n) is 18.3. The summed E-state index contributed by atoms with van der Waals surface area (Å²) in [5.41, 5.74) is 10.0. The highest BCUT2D eigenvalue weighted by Gasteiger charge is 2.50. The molecule has 0 spiro atoms. The van der Waals surface area contributed by atoms with Crippen molar-refractivity contribution < 1.29 is 9.84 Å². The summed E-state index contributed by atoms with van der Waals surface area (Å²) in [6.45, 7) is 4.32. The number of hydrogen-bond donors (Lipinski definition) is 1. The highest BCUT2D eigenvalue weighted by molar-refractivity contribution is 6.10. The van der Waals surface area contributed by atoms with Gasteiger partial charge in [-0.25, -0.2) is 0 Å². The second-order valence-corrected chi connectivity index (χ2v) is 13.8. The van der Waals surface area contributed by atoms with Gasteiger partial charge in [0.05, 0.1) is 16.4 Å². The fourth-order valence-corrected chi connectivity index (χ4v) is 8.62. The fourth-order valence-electron chi connectivity index (χ4n) is 8.62. The van der Waals surface area contributed by atoms with Gasteiger partial charge in [0.2, 0.25) is 0 Å². The highest BCUT2D eigenvalue weighted by Crippen LogP contribution is 2.60. The van der Waals surface area contributed by atoms with Crippen LogP contribution in [-0.4, -0.2) is 9.67 Å². The Balaban J connectivity index is 1.28. The fraction of sp³-hybridized carbons (Fsp3) is 0.0800. The first-order valence-corrected chi connectivity index (χ1v) is 18.3. The van der Waals surface area contributed by atoms with Gasteiger partial charge >= 0.3 is 0 Å². The minimum atomic E-state index is -0.787. The van der Waals surface area contributed by atoms with Crippen LogP contribution in [0.3, 0.4) is 0 Å². The number of fused-ring (bicyclic) bond motifs is 5. The van der Waals surface area contributed by atoms with Crippen LogP contribution in [0.1, 0.15) is 36.1 Å². The van der Waals surface area contributed by atoms with Crippen molar-refractivity contribution in [2.45, 2.75) is 19.3 Å². The maximum atomic E-state index is 11.8. The molecule has 53 heavy (non-hydrogen) atoms. The average molecular weight is 686 g/mol. The molecule has 8 aromatic rings. The number of phenols is 1. The molecule has 3 heteroatoms. The highest BCUT2D eigenvalue weighted by atomic mass is 16.5. The third-order valence-corrected chi connectivity index (χ3v) is 11.0. The maximum absolute atomic E-state index is 11.8. The zero-order valence-corrected chi connectivity index (χ0v) is 29.8. The summed E-state index contributed by atoms with van der Waals surface area (Å²) in [5, 5.41) is 14.2. The van der Waals surface area contributed by atoms with Crippen molar-refractivity contribution in [3.8, 4) is 34.1 Å². The molecule has 0 saturated carbocycles. The van der Waals surface area contributed by atoms with E-state index in [0.29, 0.717) is 0 Å². The van der Waals surface area contributed by atoms with Gasteiger partial charge in [-0.1, -0.05) is 146 Å². The SMILES string of the molecule is C/C=C\C=C(\c1ccccc1)C(C)C1(c2ccccc2O)c2ccccc2Oc2cc(-c3ccc4c(c3)c3ccccc3n4-c3ccccc3)ccc21. The summed E-state index contributed by atoms with van der Waals surface area (Å²) >= 11 is 0. The zero-order chi connectivity index (χ0) is 35.9. The molecule has 2 unspecified atom stereocenters. The Morgan fingerprint density at radius 3 is 2.02 bits per heavy atom. The first-order chi connectivity index (χ1) is 26.1. The molecule has 9 rings (SSSR count). The molecular weight excluding hydrogens is 647 g/mol. The topological polar surface area (TPSA) is 34.4 Å². The summed E-state index contributed by atoms with van der Waals surface area (Å²) in [4.78, 5) is 0. The van der Waals surface area contributed by atoms with Crippen molar-refractivity contribution >= 4 is 27.4 Å². The number of rotatable bonds is 7. The maximum Gasteiger partial charge on any atom is 0.132 e. The third-order valence-electron chi connectivity index (χ3n) is 11.0. The van der Waals surface area contributed by atoms with Gasteiger partial charge in [0.15, 0.2) is 0 Å². The summed E-state index contributed by atoms with van der Waals surface area (Å²) in [6.07, 6.45) is 6.39. The van der Waals surface area contributed by atoms with E-state index in [0.717, 1.165) is 56.1 Å². The largest absolute Gasteiger partial charge is 0.508 e. The van der Waals surface area contributed by atoms with E-state index in [4.69, 9.17) is 4.74 Å². The lowest BCUT2D eigenvalue weighted by Crippen LogP contribution is -2.39. The Bertz CT molecular complexity index is 2670. The number of para-hydroxylation sites is 4. The predicted octanol–water partition coefficient (Wildman–Crippen LogP) is 12.9. The quantitative estimate of drug-likeness (QED) is 0.169. The van der Waals surface area contributed by atoms with Crippen molar-refractivity contribution in [3.05, 3.63) is 210 Å². The van der Waals surface area contributed by atoms with Crippen LogP contribution in [-0.2, 0) is 5.41 Å². The molecule has 3 nitrogen and oxygen atoms in total. The Hall–Kier alpha value is -6.58. The predicted molar refractivity (Wildman–Crippen MR) is 219 cm³/mol.